The van der Waals surface area contributed by atoms with Crippen LogP contribution in [0.25, 0.3) is 0 Å². The summed E-state index contributed by atoms with van der Waals surface area (Å²) in [7, 11) is 0. The highest BCUT2D eigenvalue weighted by molar-refractivity contribution is 5.26. The SMILES string of the molecule is CC(CO)NC(C)Cc1ccc(O)cc1. The van der Waals surface area contributed by atoms with E-state index in [4.69, 9.17) is 10.2 Å². The number of benzene rings is 1. The van der Waals surface area contributed by atoms with Gasteiger partial charge in [0.05, 0.1) is 6.61 Å². The molecule has 0 aliphatic carbocycles. The maximum atomic E-state index is 9.13. The largest absolute Gasteiger partial charge is 0.508 e. The number of aliphatic hydroxyl groups excluding tert-OH is 1. The summed E-state index contributed by atoms with van der Waals surface area (Å²) in [6.07, 6.45) is 0.893. The lowest BCUT2D eigenvalue weighted by atomic mass is 10.1. The summed E-state index contributed by atoms with van der Waals surface area (Å²) >= 11 is 0. The van der Waals surface area contributed by atoms with Gasteiger partial charge in [-0.25, -0.2) is 0 Å². The second-order valence-corrected chi connectivity index (χ2v) is 4.02. The lowest BCUT2D eigenvalue weighted by molar-refractivity contribution is 0.242. The highest BCUT2D eigenvalue weighted by Gasteiger charge is 2.06. The first-order valence-corrected chi connectivity index (χ1v) is 5.26. The zero-order valence-corrected chi connectivity index (χ0v) is 9.27. The van der Waals surface area contributed by atoms with Crippen LogP contribution in [0.2, 0.25) is 0 Å². The number of rotatable bonds is 5. The van der Waals surface area contributed by atoms with Crippen molar-refractivity contribution in [3.63, 3.8) is 0 Å². The molecule has 0 aromatic heterocycles. The Labute approximate surface area is 90.8 Å². The van der Waals surface area contributed by atoms with E-state index in [9.17, 15) is 0 Å². The smallest absolute Gasteiger partial charge is 0.115 e. The van der Waals surface area contributed by atoms with Gasteiger partial charge >= 0.3 is 0 Å². The Hall–Kier alpha value is -1.06. The first kappa shape index (κ1) is 12.0. The highest BCUT2D eigenvalue weighted by atomic mass is 16.3. The third kappa shape index (κ3) is 4.32. The maximum absolute atomic E-state index is 9.13. The summed E-state index contributed by atoms with van der Waals surface area (Å²) in [5.41, 5.74) is 1.18. The third-order valence-corrected chi connectivity index (χ3v) is 2.32. The van der Waals surface area contributed by atoms with Gasteiger partial charge in [0.15, 0.2) is 0 Å². The van der Waals surface area contributed by atoms with Crippen LogP contribution < -0.4 is 5.32 Å². The molecule has 3 heteroatoms. The van der Waals surface area contributed by atoms with Crippen molar-refractivity contribution in [2.75, 3.05) is 6.61 Å². The number of aliphatic hydroxyl groups is 1. The van der Waals surface area contributed by atoms with E-state index in [0.717, 1.165) is 6.42 Å². The molecule has 2 atom stereocenters. The Balaban J connectivity index is 2.44. The topological polar surface area (TPSA) is 52.5 Å². The number of phenolic OH excluding ortho intramolecular Hbond substituents is 1. The summed E-state index contributed by atoms with van der Waals surface area (Å²) in [4.78, 5) is 0. The fourth-order valence-electron chi connectivity index (χ4n) is 1.58. The van der Waals surface area contributed by atoms with Crippen LogP contribution in [-0.4, -0.2) is 28.9 Å². The molecular formula is C12H19NO2. The molecule has 0 aliphatic rings. The lowest BCUT2D eigenvalue weighted by Gasteiger charge is -2.18. The molecule has 0 radical (unpaired) electrons. The van der Waals surface area contributed by atoms with Crippen molar-refractivity contribution in [3.05, 3.63) is 29.8 Å². The van der Waals surface area contributed by atoms with Gasteiger partial charge in [0.1, 0.15) is 5.75 Å². The van der Waals surface area contributed by atoms with Crippen LogP contribution in [0, 0.1) is 0 Å². The van der Waals surface area contributed by atoms with Gasteiger partial charge < -0.3 is 15.5 Å². The van der Waals surface area contributed by atoms with Crippen molar-refractivity contribution in [1.82, 2.24) is 5.32 Å². The Bertz CT molecular complexity index is 284. The Morgan fingerprint density at radius 3 is 2.27 bits per heavy atom. The molecule has 0 heterocycles. The second-order valence-electron chi connectivity index (χ2n) is 4.02. The molecule has 0 amide bonds. The van der Waals surface area contributed by atoms with Crippen LogP contribution in [0.5, 0.6) is 5.75 Å². The summed E-state index contributed by atoms with van der Waals surface area (Å²) in [5, 5.41) is 21.3. The molecule has 1 rings (SSSR count). The normalized spacial score (nSPS) is 14.9. The number of aromatic hydroxyl groups is 1. The summed E-state index contributed by atoms with van der Waals surface area (Å²) in [6, 6.07) is 7.65. The van der Waals surface area contributed by atoms with E-state index < -0.39 is 0 Å². The average molecular weight is 209 g/mol. The number of nitrogens with one attached hydrogen (secondary N) is 1. The van der Waals surface area contributed by atoms with Gasteiger partial charge in [0.25, 0.3) is 0 Å². The van der Waals surface area contributed by atoms with E-state index in [1.54, 1.807) is 12.1 Å². The van der Waals surface area contributed by atoms with Crippen molar-refractivity contribution < 1.29 is 10.2 Å². The molecule has 0 bridgehead atoms. The molecule has 0 saturated heterocycles. The molecule has 0 saturated carbocycles. The van der Waals surface area contributed by atoms with Crippen LogP contribution in [0.4, 0.5) is 0 Å². The monoisotopic (exact) mass is 209 g/mol. The fraction of sp³-hybridized carbons (Fsp3) is 0.500. The van der Waals surface area contributed by atoms with E-state index in [0.29, 0.717) is 11.8 Å². The lowest BCUT2D eigenvalue weighted by Crippen LogP contribution is -2.37. The molecule has 15 heavy (non-hydrogen) atoms. The summed E-state index contributed by atoms with van der Waals surface area (Å²) < 4.78 is 0. The van der Waals surface area contributed by atoms with E-state index in [1.807, 2.05) is 19.1 Å². The molecule has 1 aromatic carbocycles. The minimum atomic E-state index is 0.122. The summed E-state index contributed by atoms with van der Waals surface area (Å²) in [5.74, 6) is 0.295. The first-order valence-electron chi connectivity index (χ1n) is 5.26. The van der Waals surface area contributed by atoms with Crippen molar-refractivity contribution >= 4 is 0 Å². The van der Waals surface area contributed by atoms with Gasteiger partial charge in [-0.2, -0.15) is 0 Å². The molecule has 0 aliphatic heterocycles. The molecule has 84 valence electrons. The Morgan fingerprint density at radius 2 is 1.73 bits per heavy atom. The van der Waals surface area contributed by atoms with Crippen LogP contribution in [-0.2, 0) is 6.42 Å². The minimum Gasteiger partial charge on any atom is -0.508 e. The maximum Gasteiger partial charge on any atom is 0.115 e. The first-order chi connectivity index (χ1) is 7.11. The standard InChI is InChI=1S/C12H19NO2/c1-9(13-10(2)8-14)7-11-3-5-12(15)6-4-11/h3-6,9-10,13-15H,7-8H2,1-2H3. The zero-order chi connectivity index (χ0) is 11.3. The number of phenols is 1. The molecule has 0 fully saturated rings. The fourth-order valence-corrected chi connectivity index (χ4v) is 1.58. The van der Waals surface area contributed by atoms with Crippen LogP contribution in [0.1, 0.15) is 19.4 Å². The Morgan fingerprint density at radius 1 is 1.13 bits per heavy atom. The van der Waals surface area contributed by atoms with E-state index in [-0.39, 0.29) is 12.6 Å². The van der Waals surface area contributed by atoms with Gasteiger partial charge in [-0.05, 0) is 38.0 Å². The molecule has 3 N–H and O–H groups in total. The summed E-state index contributed by atoms with van der Waals surface area (Å²) in [6.45, 7) is 4.19. The van der Waals surface area contributed by atoms with Crippen molar-refractivity contribution in [1.29, 1.82) is 0 Å². The second kappa shape index (κ2) is 5.73. The number of hydrogen-bond donors (Lipinski definition) is 3. The van der Waals surface area contributed by atoms with Crippen molar-refractivity contribution in [2.24, 2.45) is 0 Å². The predicted octanol–water partition coefficient (Wildman–Crippen LogP) is 1.29. The number of hydrogen-bond acceptors (Lipinski definition) is 3. The van der Waals surface area contributed by atoms with Gasteiger partial charge in [-0.3, -0.25) is 0 Å². The average Bonchev–Trinajstić information content (AvgIpc) is 2.21. The van der Waals surface area contributed by atoms with Gasteiger partial charge in [0.2, 0.25) is 0 Å². The molecule has 0 spiro atoms. The van der Waals surface area contributed by atoms with E-state index >= 15 is 0 Å². The molecular weight excluding hydrogens is 190 g/mol. The third-order valence-electron chi connectivity index (χ3n) is 2.32. The Kier molecular flexibility index (Phi) is 4.59. The predicted molar refractivity (Wildman–Crippen MR) is 61.0 cm³/mol. The van der Waals surface area contributed by atoms with Crippen LogP contribution in [0.15, 0.2) is 24.3 Å². The van der Waals surface area contributed by atoms with Gasteiger partial charge in [-0.15, -0.1) is 0 Å². The van der Waals surface area contributed by atoms with Crippen molar-refractivity contribution in [2.45, 2.75) is 32.4 Å². The molecule has 1 aromatic rings. The zero-order valence-electron chi connectivity index (χ0n) is 9.27. The highest BCUT2D eigenvalue weighted by Crippen LogP contribution is 2.11. The van der Waals surface area contributed by atoms with Crippen molar-refractivity contribution in [3.8, 4) is 5.75 Å². The minimum absolute atomic E-state index is 0.122. The van der Waals surface area contributed by atoms with E-state index in [1.165, 1.54) is 5.56 Å². The molecule has 2 unspecified atom stereocenters. The van der Waals surface area contributed by atoms with Crippen LogP contribution in [0.3, 0.4) is 0 Å². The van der Waals surface area contributed by atoms with Gasteiger partial charge in [-0.1, -0.05) is 12.1 Å². The van der Waals surface area contributed by atoms with Crippen LogP contribution >= 0.6 is 0 Å². The van der Waals surface area contributed by atoms with Gasteiger partial charge in [0, 0.05) is 12.1 Å². The van der Waals surface area contributed by atoms with E-state index in [2.05, 4.69) is 12.2 Å². The molecule has 3 nitrogen and oxygen atoms in total. The quantitative estimate of drug-likeness (QED) is 0.685.